The van der Waals surface area contributed by atoms with Gasteiger partial charge in [0.25, 0.3) is 0 Å². The Morgan fingerprint density at radius 2 is 2.04 bits per heavy atom. The monoisotopic (exact) mass is 328 g/mol. The van der Waals surface area contributed by atoms with Gasteiger partial charge >= 0.3 is 0 Å². The lowest BCUT2D eigenvalue weighted by molar-refractivity contribution is -0.121. The highest BCUT2D eigenvalue weighted by Gasteiger charge is 2.08. The summed E-state index contributed by atoms with van der Waals surface area (Å²) >= 11 is 0. The number of amides is 1. The Morgan fingerprint density at radius 1 is 1.21 bits per heavy atom. The third-order valence-corrected chi connectivity index (χ3v) is 3.43. The van der Waals surface area contributed by atoms with Crippen LogP contribution in [0.1, 0.15) is 31.4 Å². The average Bonchev–Trinajstić information content (AvgIpc) is 2.58. The smallest absolute Gasteiger partial charge is 0.220 e. The van der Waals surface area contributed by atoms with Crippen LogP contribution in [0, 0.1) is 5.92 Å². The van der Waals surface area contributed by atoms with Gasteiger partial charge in [-0.05, 0) is 29.7 Å². The van der Waals surface area contributed by atoms with E-state index in [1.54, 1.807) is 19.5 Å². The van der Waals surface area contributed by atoms with Crippen molar-refractivity contribution >= 4 is 5.91 Å². The van der Waals surface area contributed by atoms with Crippen molar-refractivity contribution in [3.05, 3.63) is 53.9 Å². The van der Waals surface area contributed by atoms with E-state index in [2.05, 4.69) is 10.3 Å². The van der Waals surface area contributed by atoms with Crippen molar-refractivity contribution in [3.63, 3.8) is 0 Å². The third-order valence-electron chi connectivity index (χ3n) is 3.43. The average molecular weight is 328 g/mol. The number of rotatable bonds is 8. The Labute approximate surface area is 143 Å². The summed E-state index contributed by atoms with van der Waals surface area (Å²) in [5.74, 6) is 1.72. The van der Waals surface area contributed by atoms with Gasteiger partial charge in [0.2, 0.25) is 5.91 Å². The van der Waals surface area contributed by atoms with E-state index in [0.29, 0.717) is 37.0 Å². The first-order valence-electron chi connectivity index (χ1n) is 8.03. The molecule has 1 heterocycles. The van der Waals surface area contributed by atoms with Gasteiger partial charge in [-0.3, -0.25) is 9.78 Å². The molecule has 128 valence electrons. The van der Waals surface area contributed by atoms with Crippen molar-refractivity contribution in [2.45, 2.75) is 33.4 Å². The second-order valence-corrected chi connectivity index (χ2v) is 6.01. The Kier molecular flexibility index (Phi) is 6.61. The van der Waals surface area contributed by atoms with Crippen molar-refractivity contribution in [2.24, 2.45) is 5.92 Å². The molecule has 0 atom stereocenters. The number of benzene rings is 1. The first kappa shape index (κ1) is 17.8. The molecule has 2 aromatic rings. The molecule has 0 radical (unpaired) electrons. The molecule has 5 nitrogen and oxygen atoms in total. The minimum atomic E-state index is 0.0564. The summed E-state index contributed by atoms with van der Waals surface area (Å²) in [6.45, 7) is 4.95. The second-order valence-electron chi connectivity index (χ2n) is 6.01. The summed E-state index contributed by atoms with van der Waals surface area (Å²) in [4.78, 5) is 15.8. The van der Waals surface area contributed by atoms with E-state index < -0.39 is 0 Å². The quantitative estimate of drug-likeness (QED) is 0.807. The van der Waals surface area contributed by atoms with Gasteiger partial charge in [0.05, 0.1) is 7.11 Å². The van der Waals surface area contributed by atoms with Crippen molar-refractivity contribution in [1.29, 1.82) is 0 Å². The van der Waals surface area contributed by atoms with Gasteiger partial charge < -0.3 is 14.8 Å². The van der Waals surface area contributed by atoms with Crippen LogP contribution in [0.2, 0.25) is 0 Å². The summed E-state index contributed by atoms with van der Waals surface area (Å²) in [5.41, 5.74) is 1.96. The van der Waals surface area contributed by atoms with Crippen LogP contribution in [0.3, 0.4) is 0 Å². The number of pyridine rings is 1. The fourth-order valence-corrected chi connectivity index (χ4v) is 2.23. The van der Waals surface area contributed by atoms with Crippen LogP contribution in [0.15, 0.2) is 42.7 Å². The van der Waals surface area contributed by atoms with Crippen LogP contribution in [0.4, 0.5) is 0 Å². The first-order chi connectivity index (χ1) is 11.6. The van der Waals surface area contributed by atoms with Crippen molar-refractivity contribution in [2.75, 3.05) is 7.11 Å². The van der Waals surface area contributed by atoms with Gasteiger partial charge in [0, 0.05) is 30.9 Å². The van der Waals surface area contributed by atoms with E-state index in [-0.39, 0.29) is 5.91 Å². The van der Waals surface area contributed by atoms with Gasteiger partial charge in [-0.2, -0.15) is 0 Å². The number of methoxy groups -OCH3 is 1. The summed E-state index contributed by atoms with van der Waals surface area (Å²) < 4.78 is 11.2. The largest absolute Gasteiger partial charge is 0.493 e. The second kappa shape index (κ2) is 8.91. The molecule has 0 aliphatic rings. The van der Waals surface area contributed by atoms with Gasteiger partial charge in [-0.15, -0.1) is 0 Å². The summed E-state index contributed by atoms with van der Waals surface area (Å²) in [6, 6.07) is 9.50. The van der Waals surface area contributed by atoms with Crippen molar-refractivity contribution < 1.29 is 14.3 Å². The van der Waals surface area contributed by atoms with E-state index in [0.717, 1.165) is 11.1 Å². The van der Waals surface area contributed by atoms with Crippen LogP contribution in [0.5, 0.6) is 11.5 Å². The molecule has 0 spiro atoms. The van der Waals surface area contributed by atoms with Crippen LogP contribution in [-0.2, 0) is 17.9 Å². The van der Waals surface area contributed by atoms with E-state index in [1.165, 1.54) is 0 Å². The number of aromatic nitrogens is 1. The number of ether oxygens (including phenoxy) is 2. The van der Waals surface area contributed by atoms with E-state index in [9.17, 15) is 4.79 Å². The Bertz CT molecular complexity index is 657. The van der Waals surface area contributed by atoms with E-state index >= 15 is 0 Å². The zero-order valence-electron chi connectivity index (χ0n) is 14.4. The molecule has 0 saturated heterocycles. The predicted octanol–water partition coefficient (Wildman–Crippen LogP) is 3.33. The number of hydrogen-bond donors (Lipinski definition) is 1. The summed E-state index contributed by atoms with van der Waals surface area (Å²) in [7, 11) is 1.60. The van der Waals surface area contributed by atoms with Gasteiger partial charge in [-0.25, -0.2) is 0 Å². The van der Waals surface area contributed by atoms with Crippen LogP contribution >= 0.6 is 0 Å². The van der Waals surface area contributed by atoms with E-state index in [1.807, 2.05) is 44.2 Å². The van der Waals surface area contributed by atoms with Crippen molar-refractivity contribution in [3.8, 4) is 11.5 Å². The van der Waals surface area contributed by atoms with E-state index in [4.69, 9.17) is 9.47 Å². The van der Waals surface area contributed by atoms with Crippen LogP contribution < -0.4 is 14.8 Å². The number of nitrogens with zero attached hydrogens (tertiary/aromatic N) is 1. The molecule has 1 amide bonds. The molecular weight excluding hydrogens is 304 g/mol. The SMILES string of the molecule is COc1cc(CNC(=O)CC(C)C)ccc1OCc1cccnc1. The molecule has 0 aliphatic heterocycles. The fourth-order valence-electron chi connectivity index (χ4n) is 2.23. The van der Waals surface area contributed by atoms with Gasteiger partial charge in [0.1, 0.15) is 6.61 Å². The standard InChI is InChI=1S/C19H24N2O3/c1-14(2)9-19(22)21-12-15-6-7-17(18(10-15)23-3)24-13-16-5-4-8-20-11-16/h4-8,10-11,14H,9,12-13H2,1-3H3,(H,21,22). The molecule has 24 heavy (non-hydrogen) atoms. The molecule has 0 saturated carbocycles. The Hall–Kier alpha value is -2.56. The minimum absolute atomic E-state index is 0.0564. The zero-order valence-corrected chi connectivity index (χ0v) is 14.4. The molecule has 1 N–H and O–H groups in total. The molecule has 0 bridgehead atoms. The molecule has 1 aromatic carbocycles. The molecule has 0 unspecified atom stereocenters. The topological polar surface area (TPSA) is 60.5 Å². The maximum Gasteiger partial charge on any atom is 0.220 e. The maximum atomic E-state index is 11.7. The number of carbonyl (C=O) groups excluding carboxylic acids is 1. The minimum Gasteiger partial charge on any atom is -0.493 e. The molecule has 5 heteroatoms. The normalized spacial score (nSPS) is 10.5. The first-order valence-corrected chi connectivity index (χ1v) is 8.03. The number of carbonyl (C=O) groups is 1. The number of hydrogen-bond acceptors (Lipinski definition) is 4. The highest BCUT2D eigenvalue weighted by molar-refractivity contribution is 5.76. The molecule has 1 aromatic heterocycles. The summed E-state index contributed by atoms with van der Waals surface area (Å²) in [6.07, 6.45) is 4.03. The molecular formula is C19H24N2O3. The van der Waals surface area contributed by atoms with Crippen molar-refractivity contribution in [1.82, 2.24) is 10.3 Å². The Balaban J connectivity index is 1.95. The van der Waals surface area contributed by atoms with Crippen LogP contribution in [0.25, 0.3) is 0 Å². The predicted molar refractivity (Wildman–Crippen MR) is 92.9 cm³/mol. The Morgan fingerprint density at radius 3 is 2.71 bits per heavy atom. The molecule has 0 fully saturated rings. The van der Waals surface area contributed by atoms with Gasteiger partial charge in [0.15, 0.2) is 11.5 Å². The number of nitrogens with one attached hydrogen (secondary N) is 1. The maximum absolute atomic E-state index is 11.7. The lowest BCUT2D eigenvalue weighted by atomic mass is 10.1. The highest BCUT2D eigenvalue weighted by Crippen LogP contribution is 2.28. The summed E-state index contributed by atoms with van der Waals surface area (Å²) in [5, 5.41) is 2.92. The molecule has 0 aliphatic carbocycles. The lowest BCUT2D eigenvalue weighted by Crippen LogP contribution is -2.23. The highest BCUT2D eigenvalue weighted by atomic mass is 16.5. The van der Waals surface area contributed by atoms with Crippen LogP contribution in [-0.4, -0.2) is 18.0 Å². The third kappa shape index (κ3) is 5.57. The fraction of sp³-hybridized carbons (Fsp3) is 0.368. The van der Waals surface area contributed by atoms with Gasteiger partial charge in [-0.1, -0.05) is 26.0 Å². The zero-order chi connectivity index (χ0) is 17.4. The molecule has 2 rings (SSSR count). The lowest BCUT2D eigenvalue weighted by Gasteiger charge is -2.13.